The van der Waals surface area contributed by atoms with Crippen LogP contribution in [0.5, 0.6) is 0 Å². The maximum Gasteiger partial charge on any atom is 0.277 e. The lowest BCUT2D eigenvalue weighted by atomic mass is 9.91. The fourth-order valence-electron chi connectivity index (χ4n) is 4.68. The Morgan fingerprint density at radius 2 is 1.76 bits per heavy atom. The lowest BCUT2D eigenvalue weighted by Gasteiger charge is -2.38. The second-order valence-electron chi connectivity index (χ2n) is 9.50. The number of aryl methyl sites for hydroxylation is 1. The van der Waals surface area contributed by atoms with Gasteiger partial charge in [-0.25, -0.2) is 4.98 Å². The molecule has 9 nitrogen and oxygen atoms in total. The Bertz CT molecular complexity index is 1310. The predicted molar refractivity (Wildman–Crippen MR) is 144 cm³/mol. The molecule has 0 radical (unpaired) electrons. The summed E-state index contributed by atoms with van der Waals surface area (Å²) < 4.78 is 1.34. The molecule has 0 aliphatic carbocycles. The molecule has 0 spiro atoms. The highest BCUT2D eigenvalue weighted by Crippen LogP contribution is 2.25. The van der Waals surface area contributed by atoms with Crippen LogP contribution in [0.1, 0.15) is 41.6 Å². The molecule has 1 saturated heterocycles. The molecule has 9 heteroatoms. The van der Waals surface area contributed by atoms with Crippen molar-refractivity contribution in [2.45, 2.75) is 44.4 Å². The number of nitrogens with two attached hydrogens (primary N) is 2. The number of nitrogen functional groups attached to an aromatic ring is 1. The number of amides is 1. The average molecular weight is 503 g/mol. The minimum absolute atomic E-state index is 0.0249. The highest BCUT2D eigenvalue weighted by molar-refractivity contribution is 6.14. The number of anilines is 1. The number of likely N-dealkylation sites (tertiary alicyclic amines) is 1. The second-order valence-corrected chi connectivity index (χ2v) is 9.50. The van der Waals surface area contributed by atoms with Crippen molar-refractivity contribution in [2.24, 2.45) is 10.7 Å². The van der Waals surface area contributed by atoms with Gasteiger partial charge in [-0.3, -0.25) is 19.1 Å². The molecule has 0 unspecified atom stereocenters. The molecule has 37 heavy (non-hydrogen) atoms. The van der Waals surface area contributed by atoms with E-state index < -0.39 is 11.2 Å². The largest absolute Gasteiger partial charge is 0.392 e. The van der Waals surface area contributed by atoms with E-state index in [1.54, 1.807) is 11.9 Å². The molecule has 4 rings (SSSR count). The molecule has 5 N–H and O–H groups in total. The van der Waals surface area contributed by atoms with E-state index in [9.17, 15) is 14.7 Å². The fraction of sp³-hybridized carbons (Fsp3) is 0.357. The molecule has 194 valence electrons. The zero-order valence-corrected chi connectivity index (χ0v) is 21.1. The van der Waals surface area contributed by atoms with Crippen molar-refractivity contribution in [3.8, 4) is 0 Å². The van der Waals surface area contributed by atoms with Crippen molar-refractivity contribution in [3.63, 3.8) is 0 Å². The molecule has 1 amide bonds. The Morgan fingerprint density at radius 1 is 1.08 bits per heavy atom. The number of piperidine rings is 1. The van der Waals surface area contributed by atoms with E-state index in [0.717, 1.165) is 16.7 Å². The first-order chi connectivity index (χ1) is 17.8. The van der Waals surface area contributed by atoms with Crippen LogP contribution in [0.3, 0.4) is 0 Å². The van der Waals surface area contributed by atoms with Crippen LogP contribution < -0.4 is 17.0 Å². The van der Waals surface area contributed by atoms with E-state index in [-0.39, 0.29) is 18.1 Å². The van der Waals surface area contributed by atoms with Gasteiger partial charge in [-0.2, -0.15) is 0 Å². The van der Waals surface area contributed by atoms with Gasteiger partial charge in [-0.15, -0.1) is 0 Å². The third-order valence-corrected chi connectivity index (χ3v) is 6.97. The van der Waals surface area contributed by atoms with Gasteiger partial charge in [0.2, 0.25) is 5.91 Å². The van der Waals surface area contributed by atoms with Crippen molar-refractivity contribution in [3.05, 3.63) is 93.7 Å². The van der Waals surface area contributed by atoms with Gasteiger partial charge in [0, 0.05) is 38.7 Å². The summed E-state index contributed by atoms with van der Waals surface area (Å²) >= 11 is 0. The van der Waals surface area contributed by atoms with E-state index in [2.05, 4.69) is 9.98 Å². The molecule has 3 aromatic rings. The SMILES string of the molecule is CN=C(c1ccc(CN)cc1)c1ncn(CC2(O)CCN(C(=O)CCc3ccccc3)CC2)c(=O)c1N. The van der Waals surface area contributed by atoms with E-state index in [1.807, 2.05) is 54.6 Å². The van der Waals surface area contributed by atoms with E-state index >= 15 is 0 Å². The van der Waals surface area contributed by atoms with Crippen LogP contribution in [-0.4, -0.2) is 56.9 Å². The number of aliphatic imine (C=N–C) groups is 1. The van der Waals surface area contributed by atoms with Crippen LogP contribution in [-0.2, 0) is 24.3 Å². The normalized spacial score (nSPS) is 15.5. The van der Waals surface area contributed by atoms with Crippen LogP contribution in [0.25, 0.3) is 0 Å². The Hall–Kier alpha value is -3.82. The Balaban J connectivity index is 1.41. The highest BCUT2D eigenvalue weighted by atomic mass is 16.3. The molecule has 2 aromatic carbocycles. The minimum atomic E-state index is -1.13. The van der Waals surface area contributed by atoms with Crippen molar-refractivity contribution in [1.82, 2.24) is 14.5 Å². The van der Waals surface area contributed by atoms with E-state index in [0.29, 0.717) is 56.7 Å². The molecular weight excluding hydrogens is 468 g/mol. The lowest BCUT2D eigenvalue weighted by molar-refractivity contribution is -0.135. The third-order valence-electron chi connectivity index (χ3n) is 6.97. The summed E-state index contributed by atoms with van der Waals surface area (Å²) in [7, 11) is 1.62. The molecule has 0 bridgehead atoms. The Morgan fingerprint density at radius 3 is 2.38 bits per heavy atom. The average Bonchev–Trinajstić information content (AvgIpc) is 2.93. The maximum absolute atomic E-state index is 13.1. The first-order valence-electron chi connectivity index (χ1n) is 12.5. The first kappa shape index (κ1) is 26.2. The van der Waals surface area contributed by atoms with Gasteiger partial charge in [-0.1, -0.05) is 54.6 Å². The lowest BCUT2D eigenvalue weighted by Crippen LogP contribution is -2.50. The van der Waals surface area contributed by atoms with Crippen molar-refractivity contribution in [1.29, 1.82) is 0 Å². The molecule has 2 heterocycles. The molecular formula is C28H34N6O3. The van der Waals surface area contributed by atoms with Gasteiger partial charge in [0.25, 0.3) is 5.56 Å². The Labute approximate surface area is 216 Å². The van der Waals surface area contributed by atoms with Gasteiger partial charge in [0.1, 0.15) is 11.4 Å². The molecule has 0 atom stereocenters. The zero-order chi connectivity index (χ0) is 26.4. The quantitative estimate of drug-likeness (QED) is 0.401. The summed E-state index contributed by atoms with van der Waals surface area (Å²) in [6.07, 6.45) is 3.26. The monoisotopic (exact) mass is 502 g/mol. The molecule has 1 aromatic heterocycles. The number of hydrogen-bond donors (Lipinski definition) is 3. The molecule has 1 aliphatic heterocycles. The van der Waals surface area contributed by atoms with E-state index in [4.69, 9.17) is 11.5 Å². The Kier molecular flexibility index (Phi) is 8.15. The summed E-state index contributed by atoms with van der Waals surface area (Å²) in [5.74, 6) is 0.0733. The standard InChI is InChI=1S/C28H34N6O3/c1-31-25(22-10-7-21(17-29)8-11-22)26-24(30)27(36)34(19-32-26)18-28(37)13-15-33(16-14-28)23(35)12-9-20-5-3-2-4-6-20/h2-8,10-11,19,37H,9,12-18,29-30H2,1H3. The smallest absolute Gasteiger partial charge is 0.277 e. The number of benzene rings is 2. The number of carbonyl (C=O) groups excluding carboxylic acids is 1. The zero-order valence-electron chi connectivity index (χ0n) is 21.1. The van der Waals surface area contributed by atoms with Gasteiger partial charge in [0.05, 0.1) is 24.2 Å². The van der Waals surface area contributed by atoms with Crippen molar-refractivity contribution in [2.75, 3.05) is 25.9 Å². The van der Waals surface area contributed by atoms with Crippen LogP contribution in [0.4, 0.5) is 5.69 Å². The molecule has 0 saturated carbocycles. The summed E-state index contributed by atoms with van der Waals surface area (Å²) in [6.45, 7) is 1.35. The van der Waals surface area contributed by atoms with Gasteiger partial charge in [0.15, 0.2) is 0 Å². The van der Waals surface area contributed by atoms with Crippen molar-refractivity contribution < 1.29 is 9.90 Å². The number of aliphatic hydroxyl groups is 1. The fourth-order valence-corrected chi connectivity index (χ4v) is 4.68. The van der Waals surface area contributed by atoms with Crippen LogP contribution >= 0.6 is 0 Å². The van der Waals surface area contributed by atoms with Gasteiger partial charge in [-0.05, 0) is 30.4 Å². The summed E-state index contributed by atoms with van der Waals surface area (Å²) in [6, 6.07) is 17.4. The summed E-state index contributed by atoms with van der Waals surface area (Å²) in [5.41, 5.74) is 14.0. The van der Waals surface area contributed by atoms with E-state index in [1.165, 1.54) is 10.9 Å². The maximum atomic E-state index is 13.1. The number of carbonyl (C=O) groups is 1. The summed E-state index contributed by atoms with van der Waals surface area (Å²) in [4.78, 5) is 36.3. The third kappa shape index (κ3) is 6.12. The number of nitrogens with zero attached hydrogens (tertiary/aromatic N) is 4. The number of rotatable bonds is 8. The van der Waals surface area contributed by atoms with Crippen molar-refractivity contribution >= 4 is 17.3 Å². The second kappa shape index (κ2) is 11.5. The molecule has 1 fully saturated rings. The highest BCUT2D eigenvalue weighted by Gasteiger charge is 2.34. The molecule has 1 aliphatic rings. The number of hydrogen-bond acceptors (Lipinski definition) is 7. The number of aromatic nitrogens is 2. The minimum Gasteiger partial charge on any atom is -0.392 e. The van der Waals surface area contributed by atoms with Crippen LogP contribution in [0.15, 0.2) is 70.7 Å². The predicted octanol–water partition coefficient (Wildman–Crippen LogP) is 1.74. The van der Waals surface area contributed by atoms with Crippen LogP contribution in [0, 0.1) is 0 Å². The van der Waals surface area contributed by atoms with Crippen LogP contribution in [0.2, 0.25) is 0 Å². The van der Waals surface area contributed by atoms with Gasteiger partial charge < -0.3 is 21.5 Å². The first-order valence-corrected chi connectivity index (χ1v) is 12.5. The summed E-state index contributed by atoms with van der Waals surface area (Å²) in [5, 5.41) is 11.2. The van der Waals surface area contributed by atoms with Gasteiger partial charge >= 0.3 is 0 Å². The topological polar surface area (TPSA) is 140 Å².